The van der Waals surface area contributed by atoms with Gasteiger partial charge in [-0.2, -0.15) is 0 Å². The largest absolute Gasteiger partial charge is 0.400 e. The van der Waals surface area contributed by atoms with Gasteiger partial charge in [-0.1, -0.05) is 19.8 Å². The van der Waals surface area contributed by atoms with Gasteiger partial charge in [-0.05, 0) is 38.0 Å². The first-order chi connectivity index (χ1) is 8.69. The molecule has 4 heteroatoms. The number of aromatic nitrogens is 1. The van der Waals surface area contributed by atoms with E-state index < -0.39 is 0 Å². The Labute approximate surface area is 113 Å². The highest BCUT2D eigenvalue weighted by atomic mass is 32.1. The van der Waals surface area contributed by atoms with E-state index in [-0.39, 0.29) is 0 Å². The van der Waals surface area contributed by atoms with Crippen LogP contribution in [0.2, 0.25) is 0 Å². The summed E-state index contributed by atoms with van der Waals surface area (Å²) in [5.41, 5.74) is 1.04. The van der Waals surface area contributed by atoms with Crippen LogP contribution in [0.1, 0.15) is 53.0 Å². The summed E-state index contributed by atoms with van der Waals surface area (Å²) in [5.74, 6) is 1.63. The molecule has 1 saturated carbocycles. The average molecular weight is 269 g/mol. The van der Waals surface area contributed by atoms with Crippen LogP contribution in [0.5, 0.6) is 0 Å². The van der Waals surface area contributed by atoms with E-state index in [0.717, 1.165) is 47.2 Å². The fourth-order valence-electron chi connectivity index (χ4n) is 2.53. The topological polar surface area (TPSA) is 50.2 Å². The number of aryl methyl sites for hydroxylation is 1. The molecule has 3 nitrogen and oxygen atoms in total. The molecule has 1 aromatic heterocycles. The van der Waals surface area contributed by atoms with Gasteiger partial charge in [0.2, 0.25) is 0 Å². The first-order valence-corrected chi connectivity index (χ1v) is 7.37. The third kappa shape index (κ3) is 4.18. The number of carbonyl (C=O) groups is 1. The normalized spacial score (nSPS) is 23.1. The number of hydrogen-bond acceptors (Lipinski definition) is 4. The second kappa shape index (κ2) is 7.64. The van der Waals surface area contributed by atoms with E-state index in [2.05, 4.69) is 11.9 Å². The highest BCUT2D eigenvalue weighted by Gasteiger charge is 2.20. The molecule has 102 valence electrons. The molecule has 1 aliphatic carbocycles. The lowest BCUT2D eigenvalue weighted by Gasteiger charge is -2.25. The van der Waals surface area contributed by atoms with Crippen molar-refractivity contribution in [3.63, 3.8) is 0 Å². The highest BCUT2D eigenvalue weighted by Crippen LogP contribution is 2.31. The first-order valence-electron chi connectivity index (χ1n) is 6.55. The molecule has 0 saturated heterocycles. The molecule has 0 radical (unpaired) electrons. The molecule has 0 amide bonds. The predicted molar refractivity (Wildman–Crippen MR) is 75.2 cm³/mol. The van der Waals surface area contributed by atoms with Crippen molar-refractivity contribution in [2.75, 3.05) is 7.11 Å². The van der Waals surface area contributed by atoms with Crippen LogP contribution < -0.4 is 0 Å². The lowest BCUT2D eigenvalue weighted by atomic mass is 9.81. The van der Waals surface area contributed by atoms with Crippen molar-refractivity contribution in [1.82, 2.24) is 4.98 Å². The van der Waals surface area contributed by atoms with Crippen molar-refractivity contribution >= 4 is 17.6 Å². The zero-order valence-corrected chi connectivity index (χ0v) is 12.3. The van der Waals surface area contributed by atoms with Crippen molar-refractivity contribution in [1.29, 1.82) is 0 Å². The SMILES string of the molecule is CO.Cc1nc(CC2CCC(C)CC2)c(C=O)s1. The molecular formula is C14H23NO2S. The van der Waals surface area contributed by atoms with Gasteiger partial charge in [0, 0.05) is 7.11 Å². The third-order valence-electron chi connectivity index (χ3n) is 3.56. The minimum absolute atomic E-state index is 0.747. The number of rotatable bonds is 3. The lowest BCUT2D eigenvalue weighted by Crippen LogP contribution is -2.15. The molecule has 2 rings (SSSR count). The molecule has 0 spiro atoms. The Morgan fingerprint density at radius 1 is 1.33 bits per heavy atom. The van der Waals surface area contributed by atoms with E-state index in [0.29, 0.717) is 0 Å². The molecule has 0 unspecified atom stereocenters. The zero-order chi connectivity index (χ0) is 13.5. The van der Waals surface area contributed by atoms with Crippen molar-refractivity contribution in [2.24, 2.45) is 11.8 Å². The van der Waals surface area contributed by atoms with E-state index in [1.165, 1.54) is 37.0 Å². The van der Waals surface area contributed by atoms with Gasteiger partial charge in [0.1, 0.15) is 0 Å². The summed E-state index contributed by atoms with van der Waals surface area (Å²) in [6, 6.07) is 0. The zero-order valence-electron chi connectivity index (χ0n) is 11.5. The van der Waals surface area contributed by atoms with Gasteiger partial charge in [-0.25, -0.2) is 4.98 Å². The molecule has 0 atom stereocenters. The Balaban J connectivity index is 0.000000771. The Bertz CT molecular complexity index is 368. The number of aliphatic hydroxyl groups excluding tert-OH is 1. The molecule has 0 bridgehead atoms. The van der Waals surface area contributed by atoms with Crippen molar-refractivity contribution in [3.05, 3.63) is 15.6 Å². The van der Waals surface area contributed by atoms with Gasteiger partial charge < -0.3 is 5.11 Å². The van der Waals surface area contributed by atoms with Gasteiger partial charge in [0.15, 0.2) is 6.29 Å². The summed E-state index contributed by atoms with van der Waals surface area (Å²) >= 11 is 1.52. The molecule has 18 heavy (non-hydrogen) atoms. The van der Waals surface area contributed by atoms with Gasteiger partial charge in [0.05, 0.1) is 15.6 Å². The average Bonchev–Trinajstić information content (AvgIpc) is 2.75. The maximum absolute atomic E-state index is 10.9. The molecule has 1 heterocycles. The Kier molecular flexibility index (Phi) is 6.50. The van der Waals surface area contributed by atoms with Crippen molar-refractivity contribution in [2.45, 2.75) is 46.0 Å². The predicted octanol–water partition coefficient (Wildman–Crippen LogP) is 3.24. The molecule has 1 aromatic rings. The maximum Gasteiger partial charge on any atom is 0.161 e. The van der Waals surface area contributed by atoms with Crippen molar-refractivity contribution < 1.29 is 9.90 Å². The Morgan fingerprint density at radius 3 is 2.50 bits per heavy atom. The van der Waals surface area contributed by atoms with Gasteiger partial charge >= 0.3 is 0 Å². The second-order valence-corrected chi connectivity index (χ2v) is 6.23. The number of hydrogen-bond donors (Lipinski definition) is 1. The van der Waals surface area contributed by atoms with Crippen LogP contribution in [-0.4, -0.2) is 23.5 Å². The summed E-state index contributed by atoms with van der Waals surface area (Å²) in [6.45, 7) is 4.31. The fourth-order valence-corrected chi connectivity index (χ4v) is 3.30. The quantitative estimate of drug-likeness (QED) is 0.857. The van der Waals surface area contributed by atoms with Crippen LogP contribution in [0.25, 0.3) is 0 Å². The number of aldehydes is 1. The fraction of sp³-hybridized carbons (Fsp3) is 0.714. The molecule has 0 aliphatic heterocycles. The first kappa shape index (κ1) is 15.3. The van der Waals surface area contributed by atoms with E-state index in [1.807, 2.05) is 6.92 Å². The standard InChI is InChI=1S/C13H19NOS.CH4O/c1-9-3-5-11(6-4-9)7-12-13(8-15)16-10(2)14-12;1-2/h8-9,11H,3-7H2,1-2H3;2H,1H3. The molecular weight excluding hydrogens is 246 g/mol. The molecule has 1 N–H and O–H groups in total. The van der Waals surface area contributed by atoms with Crippen LogP contribution in [0, 0.1) is 18.8 Å². The number of carbonyl (C=O) groups excluding carboxylic acids is 1. The maximum atomic E-state index is 10.9. The lowest BCUT2D eigenvalue weighted by molar-refractivity contribution is 0.112. The summed E-state index contributed by atoms with van der Waals surface area (Å²) in [6.07, 6.45) is 7.25. The Hall–Kier alpha value is -0.740. The van der Waals surface area contributed by atoms with E-state index in [4.69, 9.17) is 5.11 Å². The highest BCUT2D eigenvalue weighted by molar-refractivity contribution is 7.13. The monoisotopic (exact) mass is 269 g/mol. The van der Waals surface area contributed by atoms with Crippen LogP contribution in [0.4, 0.5) is 0 Å². The van der Waals surface area contributed by atoms with E-state index >= 15 is 0 Å². The minimum Gasteiger partial charge on any atom is -0.400 e. The molecule has 1 aliphatic rings. The van der Waals surface area contributed by atoms with Crippen LogP contribution in [0.3, 0.4) is 0 Å². The number of nitrogens with zero attached hydrogens (tertiary/aromatic N) is 1. The number of thiazole rings is 1. The summed E-state index contributed by atoms with van der Waals surface area (Å²) in [5, 5.41) is 8.02. The van der Waals surface area contributed by atoms with Crippen LogP contribution in [0.15, 0.2) is 0 Å². The molecule has 0 aromatic carbocycles. The Morgan fingerprint density at radius 2 is 1.94 bits per heavy atom. The summed E-state index contributed by atoms with van der Waals surface area (Å²) < 4.78 is 0. The summed E-state index contributed by atoms with van der Waals surface area (Å²) in [4.78, 5) is 16.2. The number of aliphatic hydroxyl groups is 1. The molecule has 1 fully saturated rings. The van der Waals surface area contributed by atoms with Gasteiger partial charge in [0.25, 0.3) is 0 Å². The summed E-state index contributed by atoms with van der Waals surface area (Å²) in [7, 11) is 1.00. The van der Waals surface area contributed by atoms with Crippen LogP contribution in [-0.2, 0) is 6.42 Å². The third-order valence-corrected chi connectivity index (χ3v) is 4.50. The van der Waals surface area contributed by atoms with E-state index in [9.17, 15) is 4.79 Å². The smallest absolute Gasteiger partial charge is 0.161 e. The van der Waals surface area contributed by atoms with Crippen LogP contribution >= 0.6 is 11.3 Å². The minimum atomic E-state index is 0.747. The second-order valence-electron chi connectivity index (χ2n) is 4.99. The van der Waals surface area contributed by atoms with Gasteiger partial charge in [-0.3, -0.25) is 4.79 Å². The van der Waals surface area contributed by atoms with E-state index in [1.54, 1.807) is 0 Å². The van der Waals surface area contributed by atoms with Crippen molar-refractivity contribution in [3.8, 4) is 0 Å². The van der Waals surface area contributed by atoms with Gasteiger partial charge in [-0.15, -0.1) is 11.3 Å².